The third kappa shape index (κ3) is 9.48. The molecule has 2 atom stereocenters. The predicted octanol–water partition coefficient (Wildman–Crippen LogP) is 6.37. The number of alkyl halides is 2. The van der Waals surface area contributed by atoms with E-state index < -0.39 is 48.2 Å². The SMILES string of the molecule is COC1CCN(c2nccc(Nc3cc4c(cn3)c(C(=O)CC3CCN(CCCCCCNc5cccc6c5C(=O)N(C5CCC(=O)NC5=O)C6=O)CC3)cn4C(C)C)n2)CC1(F)F. The van der Waals surface area contributed by atoms with Crippen LogP contribution in [-0.4, -0.2) is 123 Å². The molecule has 16 nitrogen and oxygen atoms in total. The molecule has 18 heteroatoms. The van der Waals surface area contributed by atoms with Crippen molar-refractivity contribution in [3.05, 3.63) is 65.6 Å². The highest BCUT2D eigenvalue weighted by atomic mass is 19.3. The van der Waals surface area contributed by atoms with E-state index in [4.69, 9.17) is 4.74 Å². The van der Waals surface area contributed by atoms with Crippen LogP contribution in [-0.2, 0) is 14.3 Å². The predicted molar refractivity (Wildman–Crippen MR) is 236 cm³/mol. The largest absolute Gasteiger partial charge is 0.384 e. The number of carbonyl (C=O) groups is 5. The molecular weight excluding hydrogens is 827 g/mol. The molecule has 0 spiro atoms. The van der Waals surface area contributed by atoms with Crippen molar-refractivity contribution in [2.45, 2.75) is 102 Å². The third-order valence-corrected chi connectivity index (χ3v) is 12.9. The third-order valence-electron chi connectivity index (χ3n) is 12.9. The van der Waals surface area contributed by atoms with Crippen LogP contribution in [0, 0.1) is 5.92 Å². The lowest BCUT2D eigenvalue weighted by Crippen LogP contribution is -2.54. The second-order valence-corrected chi connectivity index (χ2v) is 17.6. The molecule has 0 saturated carbocycles. The van der Waals surface area contributed by atoms with Gasteiger partial charge < -0.3 is 29.7 Å². The van der Waals surface area contributed by atoms with Crippen LogP contribution < -0.4 is 20.9 Å². The van der Waals surface area contributed by atoms with Gasteiger partial charge in [-0.05, 0) is 96.1 Å². The zero-order valence-electron chi connectivity index (χ0n) is 36.6. The Hall–Kier alpha value is -5.88. The Morgan fingerprint density at radius 1 is 0.969 bits per heavy atom. The highest BCUT2D eigenvalue weighted by molar-refractivity contribution is 6.25. The number of methoxy groups -OCH3 is 1. The molecule has 2 unspecified atom stereocenters. The first-order valence-corrected chi connectivity index (χ1v) is 22.4. The van der Waals surface area contributed by atoms with Crippen LogP contribution in [0.5, 0.6) is 0 Å². The van der Waals surface area contributed by atoms with Crippen molar-refractivity contribution in [2.75, 3.05) is 61.9 Å². The fourth-order valence-electron chi connectivity index (χ4n) is 9.43. The number of halogens is 2. The van der Waals surface area contributed by atoms with Gasteiger partial charge >= 0.3 is 0 Å². The molecule has 64 heavy (non-hydrogen) atoms. The molecule has 3 saturated heterocycles. The second kappa shape index (κ2) is 19.1. The molecule has 3 N–H and O–H groups in total. The maximum atomic E-state index is 14.6. The number of imide groups is 2. The van der Waals surface area contributed by atoms with Gasteiger partial charge in [0.15, 0.2) is 5.78 Å². The molecule has 0 aliphatic carbocycles. The summed E-state index contributed by atoms with van der Waals surface area (Å²) in [6.45, 7) is 7.47. The standard InChI is InChI=1S/C46H56F2N10O6/c1-28(2)57-26-32(31-25-51-39(24-35(31)57)52-38-13-18-50-45(53-38)56-22-16-37(64-3)46(47,48)27-56)36(59)23-29-14-20-55(21-15-29)19-7-5-4-6-17-49-33-10-8-9-30-41(33)44(63)58(43(30)62)34-11-12-40(60)54-42(34)61/h8-10,13,18,24-26,28-29,34,37,49H,4-7,11-12,14-17,19-23,27H2,1-3H3,(H,54,60,61)(H,50,51,52,53). The Balaban J connectivity index is 0.774. The summed E-state index contributed by atoms with van der Waals surface area (Å²) in [7, 11) is 1.30. The highest BCUT2D eigenvalue weighted by Crippen LogP contribution is 2.35. The summed E-state index contributed by atoms with van der Waals surface area (Å²) in [5, 5.41) is 9.55. The van der Waals surface area contributed by atoms with Crippen LogP contribution in [0.1, 0.15) is 115 Å². The van der Waals surface area contributed by atoms with E-state index in [9.17, 15) is 32.8 Å². The Kier molecular flexibility index (Phi) is 13.3. The molecule has 3 fully saturated rings. The van der Waals surface area contributed by atoms with Crippen LogP contribution in [0.25, 0.3) is 10.9 Å². The number of fused-ring (bicyclic) bond motifs is 2. The van der Waals surface area contributed by atoms with E-state index in [0.717, 1.165) is 74.0 Å². The van der Waals surface area contributed by atoms with Gasteiger partial charge in [-0.1, -0.05) is 18.9 Å². The number of aromatic nitrogens is 4. The number of carbonyl (C=O) groups excluding carboxylic acids is 5. The lowest BCUT2D eigenvalue weighted by molar-refractivity contribution is -0.136. The lowest BCUT2D eigenvalue weighted by Gasteiger charge is -2.37. The van der Waals surface area contributed by atoms with Gasteiger partial charge in [-0.3, -0.25) is 34.2 Å². The first-order chi connectivity index (χ1) is 30.8. The monoisotopic (exact) mass is 882 g/mol. The van der Waals surface area contributed by atoms with Gasteiger partial charge in [-0.25, -0.2) is 18.7 Å². The summed E-state index contributed by atoms with van der Waals surface area (Å²) in [4.78, 5) is 82.7. The average Bonchev–Trinajstić information content (AvgIpc) is 3.78. The Morgan fingerprint density at radius 2 is 1.77 bits per heavy atom. The summed E-state index contributed by atoms with van der Waals surface area (Å²) < 4.78 is 36.3. The summed E-state index contributed by atoms with van der Waals surface area (Å²) in [6.07, 6.45) is 10.8. The minimum atomic E-state index is -3.03. The maximum Gasteiger partial charge on any atom is 0.290 e. The molecular formula is C46H56F2N10O6. The van der Waals surface area contributed by atoms with Gasteiger partial charge in [-0.2, -0.15) is 4.98 Å². The van der Waals surface area contributed by atoms with Crippen molar-refractivity contribution >= 4 is 63.6 Å². The molecule has 0 radical (unpaired) electrons. The van der Waals surface area contributed by atoms with E-state index in [0.29, 0.717) is 48.3 Å². The second-order valence-electron chi connectivity index (χ2n) is 17.6. The number of rotatable bonds is 17. The van der Waals surface area contributed by atoms with Crippen LogP contribution >= 0.6 is 0 Å². The number of hydrogen-bond acceptors (Lipinski definition) is 13. The first kappa shape index (κ1) is 44.7. The molecule has 4 amide bonds. The smallest absolute Gasteiger partial charge is 0.290 e. The van der Waals surface area contributed by atoms with E-state index in [-0.39, 0.29) is 48.2 Å². The fourth-order valence-corrected chi connectivity index (χ4v) is 9.43. The number of nitrogens with zero attached hydrogens (tertiary/aromatic N) is 7. The normalized spacial score (nSPS) is 20.6. The summed E-state index contributed by atoms with van der Waals surface area (Å²) in [5.41, 5.74) is 2.64. The van der Waals surface area contributed by atoms with Crippen molar-refractivity contribution in [3.8, 4) is 0 Å². The number of ketones is 1. The quantitative estimate of drug-likeness (QED) is 0.0605. The van der Waals surface area contributed by atoms with Crippen LogP contribution in [0.3, 0.4) is 0 Å². The molecule has 4 aliphatic heterocycles. The van der Waals surface area contributed by atoms with E-state index in [1.807, 2.05) is 12.3 Å². The van der Waals surface area contributed by atoms with Crippen molar-refractivity contribution in [2.24, 2.45) is 5.92 Å². The van der Waals surface area contributed by atoms with E-state index >= 15 is 0 Å². The topological polar surface area (TPSA) is 184 Å². The van der Waals surface area contributed by atoms with Crippen LogP contribution in [0.4, 0.5) is 32.1 Å². The van der Waals surface area contributed by atoms with Crippen molar-refractivity contribution in [3.63, 3.8) is 0 Å². The number of piperidine rings is 3. The Labute approximate surface area is 370 Å². The summed E-state index contributed by atoms with van der Waals surface area (Å²) >= 11 is 0. The number of nitrogens with one attached hydrogen (secondary N) is 3. The molecule has 4 aliphatic rings. The number of pyridine rings is 1. The van der Waals surface area contributed by atoms with Crippen molar-refractivity contribution in [1.82, 2.24) is 34.6 Å². The zero-order chi connectivity index (χ0) is 45.1. The minimum Gasteiger partial charge on any atom is -0.384 e. The lowest BCUT2D eigenvalue weighted by atomic mass is 9.90. The highest BCUT2D eigenvalue weighted by Gasteiger charge is 2.47. The Morgan fingerprint density at radius 3 is 2.52 bits per heavy atom. The van der Waals surface area contributed by atoms with Gasteiger partial charge in [-0.15, -0.1) is 0 Å². The van der Waals surface area contributed by atoms with Gasteiger partial charge in [0, 0.05) is 80.4 Å². The molecule has 0 bridgehead atoms. The number of amides is 4. The first-order valence-electron chi connectivity index (χ1n) is 22.4. The molecule has 3 aromatic heterocycles. The number of benzene rings is 1. The number of hydrogen-bond donors (Lipinski definition) is 3. The van der Waals surface area contributed by atoms with Gasteiger partial charge in [0.1, 0.15) is 23.8 Å². The molecule has 4 aromatic rings. The van der Waals surface area contributed by atoms with Crippen molar-refractivity contribution in [1.29, 1.82) is 0 Å². The zero-order valence-corrected chi connectivity index (χ0v) is 36.6. The number of ether oxygens (including phenoxy) is 1. The molecule has 7 heterocycles. The maximum absolute atomic E-state index is 14.6. The summed E-state index contributed by atoms with van der Waals surface area (Å²) in [6, 6.07) is 7.73. The van der Waals surface area contributed by atoms with Crippen LogP contribution in [0.2, 0.25) is 0 Å². The van der Waals surface area contributed by atoms with Crippen LogP contribution in [0.15, 0.2) is 48.9 Å². The Bertz CT molecular complexity index is 2420. The minimum absolute atomic E-state index is 0.0754. The average molecular weight is 883 g/mol. The van der Waals surface area contributed by atoms with Gasteiger partial charge in [0.05, 0.1) is 23.2 Å². The molecule has 340 valence electrons. The van der Waals surface area contributed by atoms with Gasteiger partial charge in [0.25, 0.3) is 17.7 Å². The van der Waals surface area contributed by atoms with E-state index in [2.05, 4.69) is 54.2 Å². The van der Waals surface area contributed by atoms with E-state index in [1.165, 1.54) is 18.2 Å². The number of likely N-dealkylation sites (tertiary alicyclic amines) is 1. The number of unbranched alkanes of at least 4 members (excludes halogenated alkanes) is 3. The summed E-state index contributed by atoms with van der Waals surface area (Å²) in [5.74, 6) is -3.56. The molecule has 1 aromatic carbocycles. The van der Waals surface area contributed by atoms with E-state index in [1.54, 1.807) is 30.5 Å². The van der Waals surface area contributed by atoms with Crippen molar-refractivity contribution < 1.29 is 37.5 Å². The molecule has 8 rings (SSSR count). The number of anilines is 4. The fraction of sp³-hybridized carbons (Fsp3) is 0.522. The van der Waals surface area contributed by atoms with Gasteiger partial charge in [0.2, 0.25) is 17.8 Å². The number of Topliss-reactive ketones (excluding diaryl/α,β-unsaturated/α-hetero) is 1.